The zero-order valence-electron chi connectivity index (χ0n) is 12.4. The van der Waals surface area contributed by atoms with Crippen molar-refractivity contribution >= 4 is 5.96 Å². The van der Waals surface area contributed by atoms with Gasteiger partial charge in [0, 0.05) is 40.9 Å². The predicted octanol–water partition coefficient (Wildman–Crippen LogP) is 1.35. The van der Waals surface area contributed by atoms with Gasteiger partial charge in [0.15, 0.2) is 5.96 Å². The van der Waals surface area contributed by atoms with Crippen LogP contribution >= 0.6 is 0 Å². The number of unbranched alkanes of at least 4 members (excludes halogenated alkanes) is 1. The van der Waals surface area contributed by atoms with Gasteiger partial charge in [-0.25, -0.2) is 0 Å². The number of nitrogens with one attached hydrogen (secondary N) is 1. The van der Waals surface area contributed by atoms with Crippen LogP contribution in [0.5, 0.6) is 0 Å². The lowest BCUT2D eigenvalue weighted by atomic mass is 10.3. The Balaban J connectivity index is 3.56. The summed E-state index contributed by atoms with van der Waals surface area (Å²) in [5, 5.41) is 3.33. The van der Waals surface area contributed by atoms with Crippen molar-refractivity contribution in [1.29, 1.82) is 0 Å². The molecule has 0 heterocycles. The van der Waals surface area contributed by atoms with Crippen LogP contribution in [0.25, 0.3) is 0 Å². The van der Waals surface area contributed by atoms with E-state index in [-0.39, 0.29) is 0 Å². The molecule has 0 saturated heterocycles. The summed E-state index contributed by atoms with van der Waals surface area (Å²) in [6.45, 7) is 6.21. The Hall–Kier alpha value is -0.810. The number of ether oxygens (including phenoxy) is 2. The van der Waals surface area contributed by atoms with E-state index in [9.17, 15) is 0 Å². The van der Waals surface area contributed by atoms with Gasteiger partial charge in [-0.1, -0.05) is 13.3 Å². The zero-order valence-corrected chi connectivity index (χ0v) is 12.4. The van der Waals surface area contributed by atoms with E-state index in [2.05, 4.69) is 29.2 Å². The average molecular weight is 259 g/mol. The van der Waals surface area contributed by atoms with Crippen LogP contribution in [0.1, 0.15) is 26.2 Å². The van der Waals surface area contributed by atoms with Crippen LogP contribution in [-0.2, 0) is 9.47 Å². The van der Waals surface area contributed by atoms with Crippen LogP contribution in [0.2, 0.25) is 0 Å². The molecule has 0 spiro atoms. The van der Waals surface area contributed by atoms with Gasteiger partial charge >= 0.3 is 0 Å². The third-order valence-electron chi connectivity index (χ3n) is 2.60. The van der Waals surface area contributed by atoms with Gasteiger partial charge in [0.05, 0.1) is 13.2 Å². The van der Waals surface area contributed by atoms with E-state index in [1.54, 1.807) is 7.11 Å². The van der Waals surface area contributed by atoms with Crippen molar-refractivity contribution < 1.29 is 9.47 Å². The Kier molecular flexibility index (Phi) is 12.1. The fourth-order valence-electron chi connectivity index (χ4n) is 1.50. The van der Waals surface area contributed by atoms with Gasteiger partial charge in [0.25, 0.3) is 0 Å². The Morgan fingerprint density at radius 3 is 2.61 bits per heavy atom. The molecule has 5 heteroatoms. The van der Waals surface area contributed by atoms with Crippen LogP contribution < -0.4 is 5.32 Å². The third-order valence-corrected chi connectivity index (χ3v) is 2.60. The van der Waals surface area contributed by atoms with Gasteiger partial charge in [-0.15, -0.1) is 0 Å². The second-order valence-corrected chi connectivity index (χ2v) is 4.21. The van der Waals surface area contributed by atoms with Crippen molar-refractivity contribution in [2.45, 2.75) is 26.2 Å². The highest BCUT2D eigenvalue weighted by atomic mass is 16.5. The van der Waals surface area contributed by atoms with E-state index in [0.717, 1.165) is 32.1 Å². The SMILES string of the molecule is CCCCN(C)C(=NC)NCCCOCCOC. The van der Waals surface area contributed by atoms with E-state index in [0.29, 0.717) is 13.2 Å². The van der Waals surface area contributed by atoms with Gasteiger partial charge in [-0.3, -0.25) is 4.99 Å². The highest BCUT2D eigenvalue weighted by Crippen LogP contribution is 1.92. The Morgan fingerprint density at radius 1 is 1.22 bits per heavy atom. The van der Waals surface area contributed by atoms with Crippen molar-refractivity contribution in [3.8, 4) is 0 Å². The van der Waals surface area contributed by atoms with Crippen LogP contribution in [0.3, 0.4) is 0 Å². The molecule has 0 atom stereocenters. The molecule has 5 nitrogen and oxygen atoms in total. The zero-order chi connectivity index (χ0) is 13.6. The van der Waals surface area contributed by atoms with Crippen molar-refractivity contribution in [2.24, 2.45) is 4.99 Å². The maximum atomic E-state index is 5.40. The Morgan fingerprint density at radius 2 is 2.00 bits per heavy atom. The lowest BCUT2D eigenvalue weighted by molar-refractivity contribution is 0.0698. The molecule has 0 unspecified atom stereocenters. The molecular formula is C13H29N3O2. The van der Waals surface area contributed by atoms with E-state index in [1.165, 1.54) is 12.8 Å². The summed E-state index contributed by atoms with van der Waals surface area (Å²) in [6, 6.07) is 0. The second-order valence-electron chi connectivity index (χ2n) is 4.21. The number of methoxy groups -OCH3 is 1. The molecule has 0 aliphatic carbocycles. The number of rotatable bonds is 10. The van der Waals surface area contributed by atoms with Crippen LogP contribution in [0.4, 0.5) is 0 Å². The van der Waals surface area contributed by atoms with Gasteiger partial charge in [-0.2, -0.15) is 0 Å². The summed E-state index contributed by atoms with van der Waals surface area (Å²) in [6.07, 6.45) is 3.37. The Bertz CT molecular complexity index is 210. The average Bonchev–Trinajstić information content (AvgIpc) is 2.39. The number of hydrogen-bond donors (Lipinski definition) is 1. The predicted molar refractivity (Wildman–Crippen MR) is 76.2 cm³/mol. The first-order valence-electron chi connectivity index (χ1n) is 6.74. The standard InChI is InChI=1S/C13H29N3O2/c1-5-6-9-16(3)13(14-2)15-8-7-10-18-12-11-17-4/h5-12H2,1-4H3,(H,14,15). The molecule has 0 aromatic carbocycles. The Labute approximate surface area is 112 Å². The topological polar surface area (TPSA) is 46.1 Å². The number of aliphatic imine (C=N–C) groups is 1. The molecule has 1 N–H and O–H groups in total. The third kappa shape index (κ3) is 9.24. The summed E-state index contributed by atoms with van der Waals surface area (Å²) in [5.74, 6) is 0.959. The van der Waals surface area contributed by atoms with Crippen molar-refractivity contribution in [1.82, 2.24) is 10.2 Å². The molecular weight excluding hydrogens is 230 g/mol. The molecule has 0 amide bonds. The summed E-state index contributed by atoms with van der Waals surface area (Å²) in [7, 11) is 5.57. The first kappa shape index (κ1) is 17.2. The van der Waals surface area contributed by atoms with Crippen LogP contribution in [0, 0.1) is 0 Å². The normalized spacial score (nSPS) is 11.7. The van der Waals surface area contributed by atoms with Gasteiger partial charge in [0.1, 0.15) is 0 Å². The minimum atomic E-state index is 0.662. The summed E-state index contributed by atoms with van der Waals surface area (Å²) in [5.41, 5.74) is 0. The molecule has 0 aromatic rings. The molecule has 0 aliphatic rings. The number of guanidine groups is 1. The van der Waals surface area contributed by atoms with Crippen molar-refractivity contribution in [2.75, 3.05) is 54.1 Å². The molecule has 0 saturated carbocycles. The lowest BCUT2D eigenvalue weighted by Gasteiger charge is -2.21. The van der Waals surface area contributed by atoms with E-state index >= 15 is 0 Å². The van der Waals surface area contributed by atoms with Gasteiger partial charge < -0.3 is 19.7 Å². The largest absolute Gasteiger partial charge is 0.382 e. The first-order valence-corrected chi connectivity index (χ1v) is 6.74. The van der Waals surface area contributed by atoms with Gasteiger partial charge in [0.2, 0.25) is 0 Å². The van der Waals surface area contributed by atoms with Crippen molar-refractivity contribution in [3.63, 3.8) is 0 Å². The molecule has 0 aliphatic heterocycles. The van der Waals surface area contributed by atoms with Crippen LogP contribution in [0.15, 0.2) is 4.99 Å². The monoisotopic (exact) mass is 259 g/mol. The van der Waals surface area contributed by atoms with Gasteiger partial charge in [-0.05, 0) is 12.8 Å². The molecule has 0 aromatic heterocycles. The summed E-state index contributed by atoms with van der Waals surface area (Å²) in [4.78, 5) is 6.42. The maximum Gasteiger partial charge on any atom is 0.193 e. The molecule has 108 valence electrons. The number of hydrogen-bond acceptors (Lipinski definition) is 3. The quantitative estimate of drug-likeness (QED) is 0.365. The van der Waals surface area contributed by atoms with E-state index < -0.39 is 0 Å². The fourth-order valence-corrected chi connectivity index (χ4v) is 1.50. The van der Waals surface area contributed by atoms with Crippen LogP contribution in [-0.4, -0.2) is 65.0 Å². The molecule has 0 radical (unpaired) electrons. The minimum absolute atomic E-state index is 0.662. The summed E-state index contributed by atoms with van der Waals surface area (Å²) >= 11 is 0. The number of nitrogens with zero attached hydrogens (tertiary/aromatic N) is 2. The molecule has 0 bridgehead atoms. The smallest absolute Gasteiger partial charge is 0.193 e. The van der Waals surface area contributed by atoms with E-state index in [4.69, 9.17) is 9.47 Å². The second kappa shape index (κ2) is 12.6. The highest BCUT2D eigenvalue weighted by Gasteiger charge is 2.03. The summed E-state index contributed by atoms with van der Waals surface area (Å²) < 4.78 is 10.3. The molecule has 0 rings (SSSR count). The first-order chi connectivity index (χ1) is 8.76. The maximum absolute atomic E-state index is 5.40. The highest BCUT2D eigenvalue weighted by molar-refractivity contribution is 5.79. The fraction of sp³-hybridized carbons (Fsp3) is 0.923. The van der Waals surface area contributed by atoms with E-state index in [1.807, 2.05) is 7.05 Å². The molecule has 18 heavy (non-hydrogen) atoms. The lowest BCUT2D eigenvalue weighted by Crippen LogP contribution is -2.40. The van der Waals surface area contributed by atoms with Crippen molar-refractivity contribution in [3.05, 3.63) is 0 Å². The molecule has 0 fully saturated rings. The minimum Gasteiger partial charge on any atom is -0.382 e.